The lowest BCUT2D eigenvalue weighted by atomic mass is 10.5. The molecule has 0 N–H and O–H groups in total. The lowest BCUT2D eigenvalue weighted by Gasteiger charge is -2.10. The van der Waals surface area contributed by atoms with Crippen molar-refractivity contribution in [1.82, 2.24) is 0 Å². The van der Waals surface area contributed by atoms with Gasteiger partial charge < -0.3 is 13.9 Å². The molecule has 82 valence electrons. The fraction of sp³-hybridized carbons (Fsp3) is 0.800. The number of epoxide rings is 1. The van der Waals surface area contributed by atoms with Crippen molar-refractivity contribution in [2.45, 2.75) is 25.5 Å². The third-order valence-corrected chi connectivity index (χ3v) is 4.39. The summed E-state index contributed by atoms with van der Waals surface area (Å²) >= 11 is 0. The summed E-state index contributed by atoms with van der Waals surface area (Å²) in [6.45, 7) is 9.09. The summed E-state index contributed by atoms with van der Waals surface area (Å²) in [5.74, 6) is 0. The molecule has 1 heterocycles. The first kappa shape index (κ1) is 11.9. The molecular formula is C10H20O3Si. The molecule has 1 fully saturated rings. The van der Waals surface area contributed by atoms with E-state index in [4.69, 9.17) is 13.9 Å². The van der Waals surface area contributed by atoms with Crippen molar-refractivity contribution >= 4 is 9.04 Å². The maximum absolute atomic E-state index is 5.57. The molecule has 0 aromatic rings. The molecule has 0 aliphatic carbocycles. The van der Waals surface area contributed by atoms with E-state index in [0.717, 1.165) is 38.9 Å². The number of hydrogen-bond donors (Lipinski definition) is 0. The topological polar surface area (TPSA) is 31.0 Å². The minimum absolute atomic E-state index is 0.384. The Balaban J connectivity index is 1.86. The molecule has 0 radical (unpaired) electrons. The van der Waals surface area contributed by atoms with Crippen LogP contribution in [-0.4, -0.2) is 41.6 Å². The summed E-state index contributed by atoms with van der Waals surface area (Å²) < 4.78 is 16.0. The molecule has 0 aromatic carbocycles. The zero-order chi connectivity index (χ0) is 10.2. The molecule has 1 aliphatic rings. The van der Waals surface area contributed by atoms with Gasteiger partial charge in [0.25, 0.3) is 0 Å². The first-order valence-electron chi connectivity index (χ1n) is 5.30. The molecule has 2 atom stereocenters. The highest BCUT2D eigenvalue weighted by Crippen LogP contribution is 2.09. The van der Waals surface area contributed by atoms with Gasteiger partial charge in [-0.3, -0.25) is 0 Å². The summed E-state index contributed by atoms with van der Waals surface area (Å²) in [6.07, 6.45) is 1.46. The minimum atomic E-state index is -1.11. The van der Waals surface area contributed by atoms with Crippen LogP contribution >= 0.6 is 0 Å². The van der Waals surface area contributed by atoms with Crippen LogP contribution in [0.1, 0.15) is 13.3 Å². The van der Waals surface area contributed by atoms with E-state index in [1.165, 1.54) is 0 Å². The largest absolute Gasteiger partial charge is 0.416 e. The van der Waals surface area contributed by atoms with Gasteiger partial charge in [0.15, 0.2) is 0 Å². The van der Waals surface area contributed by atoms with E-state index in [1.54, 1.807) is 0 Å². The molecule has 14 heavy (non-hydrogen) atoms. The van der Waals surface area contributed by atoms with Crippen molar-refractivity contribution < 1.29 is 13.9 Å². The molecule has 0 bridgehead atoms. The number of hydrogen-bond acceptors (Lipinski definition) is 3. The van der Waals surface area contributed by atoms with Crippen LogP contribution in [0.5, 0.6) is 0 Å². The highest BCUT2D eigenvalue weighted by molar-refractivity contribution is 6.57. The predicted molar refractivity (Wildman–Crippen MR) is 59.0 cm³/mol. The minimum Gasteiger partial charge on any atom is -0.416 e. The number of rotatable bonds is 9. The van der Waals surface area contributed by atoms with Gasteiger partial charge in [-0.1, -0.05) is 5.70 Å². The molecular weight excluding hydrogens is 196 g/mol. The standard InChI is InChI=1S/C10H20O3Si/c1-3-13-14(4-2)7-5-6-11-8-10-9-12-10/h4,10,14H,2-3,5-9H2,1H3. The van der Waals surface area contributed by atoms with Crippen molar-refractivity contribution in [3.05, 3.63) is 12.3 Å². The SMILES string of the molecule is C=C[SiH](CCCOCC1CO1)OCC. The first-order chi connectivity index (χ1) is 6.86. The van der Waals surface area contributed by atoms with E-state index in [-0.39, 0.29) is 0 Å². The Labute approximate surface area is 87.8 Å². The van der Waals surface area contributed by atoms with Gasteiger partial charge in [0.1, 0.15) is 6.10 Å². The number of ether oxygens (including phenoxy) is 2. The molecule has 1 aliphatic heterocycles. The molecule has 0 saturated carbocycles. The normalized spacial score (nSPS) is 21.9. The monoisotopic (exact) mass is 216 g/mol. The van der Waals surface area contributed by atoms with E-state index < -0.39 is 9.04 Å². The zero-order valence-electron chi connectivity index (χ0n) is 8.91. The summed E-state index contributed by atoms with van der Waals surface area (Å²) in [5, 5.41) is 0. The molecule has 3 nitrogen and oxygen atoms in total. The lowest BCUT2D eigenvalue weighted by Crippen LogP contribution is -2.16. The van der Waals surface area contributed by atoms with Gasteiger partial charge >= 0.3 is 0 Å². The van der Waals surface area contributed by atoms with Gasteiger partial charge in [0, 0.05) is 13.2 Å². The van der Waals surface area contributed by atoms with Crippen LogP contribution in [0, 0.1) is 0 Å². The molecule has 1 saturated heterocycles. The second-order valence-electron chi connectivity index (χ2n) is 3.40. The van der Waals surface area contributed by atoms with Gasteiger partial charge in [0.05, 0.1) is 13.2 Å². The summed E-state index contributed by atoms with van der Waals surface area (Å²) in [7, 11) is -1.11. The van der Waals surface area contributed by atoms with Crippen molar-refractivity contribution in [2.24, 2.45) is 0 Å². The fourth-order valence-corrected chi connectivity index (χ4v) is 2.78. The van der Waals surface area contributed by atoms with E-state index >= 15 is 0 Å². The van der Waals surface area contributed by atoms with Gasteiger partial charge in [-0.2, -0.15) is 0 Å². The molecule has 0 amide bonds. The Hall–Kier alpha value is -0.163. The smallest absolute Gasteiger partial charge is 0.200 e. The second kappa shape index (κ2) is 7.17. The van der Waals surface area contributed by atoms with Crippen LogP contribution in [0.4, 0.5) is 0 Å². The molecule has 0 spiro atoms. The van der Waals surface area contributed by atoms with E-state index in [9.17, 15) is 0 Å². The van der Waals surface area contributed by atoms with Gasteiger partial charge in [-0.15, -0.1) is 6.58 Å². The zero-order valence-corrected chi connectivity index (χ0v) is 10.1. The van der Waals surface area contributed by atoms with E-state index in [1.807, 2.05) is 12.6 Å². The van der Waals surface area contributed by atoms with Gasteiger partial charge in [-0.25, -0.2) is 0 Å². The third kappa shape index (κ3) is 5.54. The van der Waals surface area contributed by atoms with Crippen molar-refractivity contribution in [2.75, 3.05) is 26.4 Å². The lowest BCUT2D eigenvalue weighted by molar-refractivity contribution is 0.116. The average molecular weight is 216 g/mol. The second-order valence-corrected chi connectivity index (χ2v) is 5.86. The van der Waals surface area contributed by atoms with Crippen molar-refractivity contribution in [3.63, 3.8) is 0 Å². The van der Waals surface area contributed by atoms with E-state index in [2.05, 4.69) is 6.58 Å². The Kier molecular flexibility index (Phi) is 6.10. The quantitative estimate of drug-likeness (QED) is 0.330. The molecule has 1 rings (SSSR count). The Morgan fingerprint density at radius 3 is 3.00 bits per heavy atom. The summed E-state index contributed by atoms with van der Waals surface area (Å²) in [5.41, 5.74) is 1.99. The van der Waals surface area contributed by atoms with Crippen LogP contribution in [0.25, 0.3) is 0 Å². The van der Waals surface area contributed by atoms with Gasteiger partial charge in [-0.05, 0) is 19.4 Å². The van der Waals surface area contributed by atoms with Crippen LogP contribution < -0.4 is 0 Å². The maximum atomic E-state index is 5.57. The molecule has 4 heteroatoms. The molecule has 2 unspecified atom stereocenters. The van der Waals surface area contributed by atoms with Crippen LogP contribution in [0.2, 0.25) is 6.04 Å². The Morgan fingerprint density at radius 1 is 1.64 bits per heavy atom. The average Bonchev–Trinajstić information content (AvgIpc) is 2.99. The van der Waals surface area contributed by atoms with E-state index in [0.29, 0.717) is 6.10 Å². The Morgan fingerprint density at radius 2 is 2.43 bits per heavy atom. The van der Waals surface area contributed by atoms with Crippen molar-refractivity contribution in [1.29, 1.82) is 0 Å². The predicted octanol–water partition coefficient (Wildman–Crippen LogP) is 1.28. The third-order valence-electron chi connectivity index (χ3n) is 2.13. The molecule has 0 aromatic heterocycles. The van der Waals surface area contributed by atoms with Crippen LogP contribution in [0.15, 0.2) is 12.3 Å². The maximum Gasteiger partial charge on any atom is 0.200 e. The van der Waals surface area contributed by atoms with Gasteiger partial charge in [0.2, 0.25) is 9.04 Å². The summed E-state index contributed by atoms with van der Waals surface area (Å²) in [6, 6.07) is 1.13. The highest BCUT2D eigenvalue weighted by Gasteiger charge is 2.22. The van der Waals surface area contributed by atoms with Crippen molar-refractivity contribution in [3.8, 4) is 0 Å². The summed E-state index contributed by atoms with van der Waals surface area (Å²) in [4.78, 5) is 0. The fourth-order valence-electron chi connectivity index (χ4n) is 1.25. The first-order valence-corrected chi connectivity index (χ1v) is 7.25. The highest BCUT2D eigenvalue weighted by atomic mass is 28.3. The van der Waals surface area contributed by atoms with Crippen LogP contribution in [-0.2, 0) is 13.9 Å². The Bertz CT molecular complexity index is 159. The van der Waals surface area contributed by atoms with Crippen LogP contribution in [0.3, 0.4) is 0 Å².